The minimum atomic E-state index is -2.95. The van der Waals surface area contributed by atoms with Crippen molar-refractivity contribution in [2.24, 2.45) is 4.99 Å². The van der Waals surface area contributed by atoms with Crippen LogP contribution in [0, 0.1) is 0 Å². The number of rotatable bonds is 11. The number of ether oxygens (including phenoxy) is 2. The lowest BCUT2D eigenvalue weighted by molar-refractivity contribution is 0.312. The molecular weight excluding hydrogens is 354 g/mol. The minimum absolute atomic E-state index is 0.0260. The molecule has 148 valence electrons. The highest BCUT2D eigenvalue weighted by Gasteiger charge is 2.09. The number of hydrogen-bond acceptors (Lipinski definition) is 5. The summed E-state index contributed by atoms with van der Waals surface area (Å²) in [5.41, 5.74) is 0. The number of aliphatic imine (C=N–C) groups is 1. The van der Waals surface area contributed by atoms with Gasteiger partial charge in [0.2, 0.25) is 0 Å². The van der Waals surface area contributed by atoms with Crippen molar-refractivity contribution in [2.75, 3.05) is 38.8 Å². The van der Waals surface area contributed by atoms with E-state index in [-0.39, 0.29) is 11.8 Å². The summed E-state index contributed by atoms with van der Waals surface area (Å²) >= 11 is 0. The Labute approximate surface area is 157 Å². The van der Waals surface area contributed by atoms with Crippen LogP contribution in [0.4, 0.5) is 0 Å². The second-order valence-electron chi connectivity index (χ2n) is 6.10. The van der Waals surface area contributed by atoms with Gasteiger partial charge in [0.05, 0.1) is 19.5 Å². The van der Waals surface area contributed by atoms with E-state index in [0.29, 0.717) is 25.5 Å². The number of nitrogens with one attached hydrogen (secondary N) is 2. The third kappa shape index (κ3) is 10.1. The number of hydrogen-bond donors (Lipinski definition) is 2. The Balaban J connectivity index is 2.35. The maximum Gasteiger partial charge on any atom is 0.191 e. The molecule has 0 bridgehead atoms. The maximum atomic E-state index is 11.2. The van der Waals surface area contributed by atoms with Crippen LogP contribution < -0.4 is 20.1 Å². The largest absolute Gasteiger partial charge is 0.497 e. The van der Waals surface area contributed by atoms with E-state index in [1.54, 1.807) is 7.11 Å². The monoisotopic (exact) mass is 385 g/mol. The highest BCUT2D eigenvalue weighted by Crippen LogP contribution is 2.16. The van der Waals surface area contributed by atoms with E-state index in [1.807, 2.05) is 38.1 Å². The van der Waals surface area contributed by atoms with Crippen LogP contribution in [0.25, 0.3) is 0 Å². The predicted octanol–water partition coefficient (Wildman–Crippen LogP) is 1.84. The zero-order valence-electron chi connectivity index (χ0n) is 16.1. The van der Waals surface area contributed by atoms with Crippen LogP contribution in [0.1, 0.15) is 26.7 Å². The molecule has 8 heteroatoms. The summed E-state index contributed by atoms with van der Waals surface area (Å²) in [6.07, 6.45) is 2.58. The van der Waals surface area contributed by atoms with Crippen LogP contribution in [-0.4, -0.2) is 59.2 Å². The Morgan fingerprint density at radius 2 is 1.88 bits per heavy atom. The van der Waals surface area contributed by atoms with Crippen LogP contribution in [0.5, 0.6) is 11.5 Å². The fourth-order valence-corrected chi connectivity index (χ4v) is 2.92. The Bertz CT molecular complexity index is 645. The predicted molar refractivity (Wildman–Crippen MR) is 106 cm³/mol. The fraction of sp³-hybridized carbons (Fsp3) is 0.611. The fourth-order valence-electron chi connectivity index (χ4n) is 2.13. The molecule has 0 spiro atoms. The zero-order chi connectivity index (χ0) is 19.4. The van der Waals surface area contributed by atoms with Gasteiger partial charge in [-0.05, 0) is 44.5 Å². The molecule has 0 aliphatic carbocycles. The van der Waals surface area contributed by atoms with Gasteiger partial charge in [0.15, 0.2) is 5.96 Å². The van der Waals surface area contributed by atoms with Crippen LogP contribution in [-0.2, 0) is 9.84 Å². The van der Waals surface area contributed by atoms with Gasteiger partial charge in [0, 0.05) is 31.8 Å². The molecule has 0 radical (unpaired) electrons. The molecule has 0 amide bonds. The molecule has 1 aromatic rings. The van der Waals surface area contributed by atoms with Crippen LogP contribution in [0.15, 0.2) is 29.3 Å². The van der Waals surface area contributed by atoms with E-state index in [9.17, 15) is 8.42 Å². The number of benzene rings is 1. The maximum absolute atomic E-state index is 11.2. The molecule has 0 heterocycles. The lowest BCUT2D eigenvalue weighted by Crippen LogP contribution is -2.43. The Morgan fingerprint density at radius 3 is 2.46 bits per heavy atom. The summed E-state index contributed by atoms with van der Waals surface area (Å²) in [5.74, 6) is 2.46. The van der Waals surface area contributed by atoms with Crippen molar-refractivity contribution in [3.8, 4) is 11.5 Å². The smallest absolute Gasteiger partial charge is 0.191 e. The first-order valence-corrected chi connectivity index (χ1v) is 10.9. The van der Waals surface area contributed by atoms with Gasteiger partial charge >= 0.3 is 0 Å². The third-order valence-corrected chi connectivity index (χ3v) is 4.53. The number of guanidine groups is 1. The van der Waals surface area contributed by atoms with E-state index in [1.165, 1.54) is 6.26 Å². The molecule has 0 aliphatic rings. The Morgan fingerprint density at radius 1 is 1.23 bits per heavy atom. The molecule has 0 fully saturated rings. The quantitative estimate of drug-likeness (QED) is 0.343. The number of nitrogens with zero attached hydrogens (tertiary/aromatic N) is 1. The van der Waals surface area contributed by atoms with Crippen molar-refractivity contribution < 1.29 is 17.9 Å². The van der Waals surface area contributed by atoms with Crippen molar-refractivity contribution in [3.05, 3.63) is 24.3 Å². The first-order chi connectivity index (χ1) is 12.3. The van der Waals surface area contributed by atoms with E-state index in [4.69, 9.17) is 9.47 Å². The standard InChI is InChI=1S/C18H31N3O4S/c1-5-19-18(21-15(2)11-14-26(4,22)23)20-12-6-13-25-17-9-7-16(24-3)8-10-17/h7-10,15H,5-6,11-14H2,1-4H3,(H2,19,20,21). The van der Waals surface area contributed by atoms with Crippen LogP contribution >= 0.6 is 0 Å². The van der Waals surface area contributed by atoms with Gasteiger partial charge in [-0.2, -0.15) is 0 Å². The summed E-state index contributed by atoms with van der Waals surface area (Å²) in [5, 5.41) is 6.40. The Kier molecular flexibility index (Phi) is 9.87. The lowest BCUT2D eigenvalue weighted by Gasteiger charge is -2.17. The first-order valence-electron chi connectivity index (χ1n) is 8.83. The molecule has 1 aromatic carbocycles. The van der Waals surface area contributed by atoms with E-state index in [0.717, 1.165) is 24.5 Å². The number of methoxy groups -OCH3 is 1. The van der Waals surface area contributed by atoms with Gasteiger partial charge in [-0.15, -0.1) is 0 Å². The van der Waals surface area contributed by atoms with Crippen LogP contribution in [0.3, 0.4) is 0 Å². The second kappa shape index (κ2) is 11.6. The normalized spacial score (nSPS) is 13.2. The first kappa shape index (κ1) is 22.1. The highest BCUT2D eigenvalue weighted by atomic mass is 32.2. The minimum Gasteiger partial charge on any atom is -0.497 e. The van der Waals surface area contributed by atoms with Crippen molar-refractivity contribution >= 4 is 15.8 Å². The van der Waals surface area contributed by atoms with E-state index in [2.05, 4.69) is 15.6 Å². The average Bonchev–Trinajstić information content (AvgIpc) is 2.60. The molecule has 1 unspecified atom stereocenters. The number of sulfone groups is 1. The molecular formula is C18H31N3O4S. The van der Waals surface area contributed by atoms with Gasteiger partial charge in [0.25, 0.3) is 0 Å². The van der Waals surface area contributed by atoms with Crippen LogP contribution in [0.2, 0.25) is 0 Å². The molecule has 0 saturated carbocycles. The molecule has 2 N–H and O–H groups in total. The molecule has 0 aromatic heterocycles. The SMILES string of the molecule is CCNC(=NCCCOc1ccc(OC)cc1)NC(C)CCS(C)(=O)=O. The molecule has 26 heavy (non-hydrogen) atoms. The van der Waals surface area contributed by atoms with Gasteiger partial charge in [-0.3, -0.25) is 4.99 Å². The van der Waals surface area contributed by atoms with Crippen molar-refractivity contribution in [1.82, 2.24) is 10.6 Å². The molecule has 0 aliphatic heterocycles. The van der Waals surface area contributed by atoms with Gasteiger partial charge in [-0.25, -0.2) is 8.42 Å². The Hall–Kier alpha value is -1.96. The lowest BCUT2D eigenvalue weighted by atomic mass is 10.3. The van der Waals surface area contributed by atoms with Gasteiger partial charge in [0.1, 0.15) is 21.3 Å². The zero-order valence-corrected chi connectivity index (χ0v) is 16.9. The van der Waals surface area contributed by atoms with E-state index < -0.39 is 9.84 Å². The molecule has 0 saturated heterocycles. The van der Waals surface area contributed by atoms with Crippen molar-refractivity contribution in [2.45, 2.75) is 32.7 Å². The summed E-state index contributed by atoms with van der Waals surface area (Å²) in [7, 11) is -1.32. The summed E-state index contributed by atoms with van der Waals surface area (Å²) in [4.78, 5) is 4.50. The topological polar surface area (TPSA) is 89.0 Å². The van der Waals surface area contributed by atoms with Gasteiger partial charge < -0.3 is 20.1 Å². The van der Waals surface area contributed by atoms with Crippen molar-refractivity contribution in [3.63, 3.8) is 0 Å². The van der Waals surface area contributed by atoms with E-state index >= 15 is 0 Å². The van der Waals surface area contributed by atoms with Crippen molar-refractivity contribution in [1.29, 1.82) is 0 Å². The molecule has 1 rings (SSSR count). The summed E-state index contributed by atoms with van der Waals surface area (Å²) in [6.45, 7) is 5.87. The second-order valence-corrected chi connectivity index (χ2v) is 8.36. The third-order valence-electron chi connectivity index (χ3n) is 3.55. The summed E-state index contributed by atoms with van der Waals surface area (Å²) in [6, 6.07) is 7.49. The van der Waals surface area contributed by atoms with Gasteiger partial charge in [-0.1, -0.05) is 0 Å². The summed E-state index contributed by atoms with van der Waals surface area (Å²) < 4.78 is 33.3. The highest BCUT2D eigenvalue weighted by molar-refractivity contribution is 7.90. The molecule has 7 nitrogen and oxygen atoms in total. The molecule has 1 atom stereocenters. The average molecular weight is 386 g/mol.